The lowest BCUT2D eigenvalue weighted by Crippen LogP contribution is -2.29. The molecule has 0 aromatic rings. The highest BCUT2D eigenvalue weighted by Gasteiger charge is 2.27. The van der Waals surface area contributed by atoms with Crippen molar-refractivity contribution < 1.29 is 14.6 Å². The lowest BCUT2D eigenvalue weighted by molar-refractivity contribution is -0.137. The van der Waals surface area contributed by atoms with Gasteiger partial charge in [0.2, 0.25) is 0 Å². The second-order valence-electron chi connectivity index (χ2n) is 3.60. The molecule has 86 valence electrons. The third kappa shape index (κ3) is 4.95. The number of carbonyl (C=O) groups is 1. The quantitative estimate of drug-likeness (QED) is 0.496. The third-order valence-electron chi connectivity index (χ3n) is 2.33. The van der Waals surface area contributed by atoms with E-state index in [1.54, 1.807) is 13.0 Å². The Kier molecular flexibility index (Phi) is 5.36. The van der Waals surface area contributed by atoms with Crippen molar-refractivity contribution in [3.05, 3.63) is 12.2 Å². The van der Waals surface area contributed by atoms with Gasteiger partial charge in [-0.1, -0.05) is 6.08 Å². The number of ether oxygens (including phenoxy) is 1. The molecule has 1 aliphatic carbocycles. The van der Waals surface area contributed by atoms with Crippen LogP contribution in [0.25, 0.3) is 0 Å². The Hall–Kier alpha value is -0.870. The third-order valence-corrected chi connectivity index (χ3v) is 2.33. The SMILES string of the molecule is CCOC(=O)/C=C/CN(CCO)C1CC1. The second-order valence-corrected chi connectivity index (χ2v) is 3.60. The maximum atomic E-state index is 11.0. The first-order chi connectivity index (χ1) is 7.27. The Bertz CT molecular complexity index is 224. The van der Waals surface area contributed by atoms with Gasteiger partial charge in [-0.3, -0.25) is 4.90 Å². The van der Waals surface area contributed by atoms with Crippen molar-refractivity contribution in [1.82, 2.24) is 4.90 Å². The molecule has 1 fully saturated rings. The summed E-state index contributed by atoms with van der Waals surface area (Å²) in [6.07, 6.45) is 5.66. The topological polar surface area (TPSA) is 49.8 Å². The van der Waals surface area contributed by atoms with Gasteiger partial charge in [-0.25, -0.2) is 4.79 Å². The zero-order valence-corrected chi connectivity index (χ0v) is 9.19. The van der Waals surface area contributed by atoms with Crippen LogP contribution in [0.3, 0.4) is 0 Å². The van der Waals surface area contributed by atoms with E-state index in [0.29, 0.717) is 25.7 Å². The summed E-state index contributed by atoms with van der Waals surface area (Å²) in [7, 11) is 0. The maximum Gasteiger partial charge on any atom is 0.330 e. The van der Waals surface area contributed by atoms with E-state index < -0.39 is 0 Å². The number of aliphatic hydroxyl groups is 1. The normalized spacial score (nSPS) is 16.2. The first-order valence-electron chi connectivity index (χ1n) is 5.46. The number of aliphatic hydroxyl groups excluding tert-OH is 1. The highest BCUT2D eigenvalue weighted by molar-refractivity contribution is 5.81. The highest BCUT2D eigenvalue weighted by atomic mass is 16.5. The van der Waals surface area contributed by atoms with Gasteiger partial charge in [-0.05, 0) is 19.8 Å². The Morgan fingerprint density at radius 1 is 1.60 bits per heavy atom. The van der Waals surface area contributed by atoms with E-state index in [1.807, 2.05) is 0 Å². The van der Waals surface area contributed by atoms with Crippen molar-refractivity contribution in [1.29, 1.82) is 0 Å². The number of rotatable bonds is 7. The Morgan fingerprint density at radius 2 is 2.33 bits per heavy atom. The lowest BCUT2D eigenvalue weighted by atomic mass is 10.4. The average Bonchev–Trinajstić information content (AvgIpc) is 3.00. The molecule has 0 bridgehead atoms. The summed E-state index contributed by atoms with van der Waals surface area (Å²) in [6, 6.07) is 0.601. The Labute approximate surface area is 90.5 Å². The van der Waals surface area contributed by atoms with Crippen LogP contribution in [0, 0.1) is 0 Å². The van der Waals surface area contributed by atoms with E-state index in [-0.39, 0.29) is 12.6 Å². The molecule has 0 heterocycles. The molecule has 0 amide bonds. The minimum absolute atomic E-state index is 0.170. The lowest BCUT2D eigenvalue weighted by Gasteiger charge is -2.18. The molecule has 0 aromatic heterocycles. The van der Waals surface area contributed by atoms with Crippen LogP contribution in [0.1, 0.15) is 19.8 Å². The van der Waals surface area contributed by atoms with Crippen molar-refractivity contribution in [2.24, 2.45) is 0 Å². The van der Waals surface area contributed by atoms with E-state index in [9.17, 15) is 4.79 Å². The first-order valence-corrected chi connectivity index (χ1v) is 5.46. The van der Waals surface area contributed by atoms with Gasteiger partial charge in [0.05, 0.1) is 13.2 Å². The van der Waals surface area contributed by atoms with Crippen LogP contribution in [-0.4, -0.2) is 48.3 Å². The molecule has 4 heteroatoms. The molecule has 0 spiro atoms. The van der Waals surface area contributed by atoms with Gasteiger partial charge in [0, 0.05) is 25.2 Å². The summed E-state index contributed by atoms with van der Waals surface area (Å²) in [5, 5.41) is 8.85. The van der Waals surface area contributed by atoms with Gasteiger partial charge in [-0.2, -0.15) is 0 Å². The predicted molar refractivity (Wildman–Crippen MR) is 57.5 cm³/mol. The summed E-state index contributed by atoms with van der Waals surface area (Å²) in [5.74, 6) is -0.294. The number of nitrogens with zero attached hydrogens (tertiary/aromatic N) is 1. The molecule has 0 aliphatic heterocycles. The zero-order chi connectivity index (χ0) is 11.1. The monoisotopic (exact) mass is 213 g/mol. The fourth-order valence-electron chi connectivity index (χ4n) is 1.47. The van der Waals surface area contributed by atoms with Crippen LogP contribution in [0.15, 0.2) is 12.2 Å². The van der Waals surface area contributed by atoms with Crippen LogP contribution in [-0.2, 0) is 9.53 Å². The molecule has 0 atom stereocenters. The van der Waals surface area contributed by atoms with Gasteiger partial charge >= 0.3 is 5.97 Å². The number of carbonyl (C=O) groups excluding carboxylic acids is 1. The first kappa shape index (κ1) is 12.2. The van der Waals surface area contributed by atoms with Crippen LogP contribution >= 0.6 is 0 Å². The smallest absolute Gasteiger partial charge is 0.330 e. The largest absolute Gasteiger partial charge is 0.463 e. The molecule has 0 aromatic carbocycles. The average molecular weight is 213 g/mol. The summed E-state index contributed by atoms with van der Waals surface area (Å²) < 4.78 is 4.77. The van der Waals surface area contributed by atoms with E-state index in [1.165, 1.54) is 18.9 Å². The molecule has 0 radical (unpaired) electrons. The second kappa shape index (κ2) is 6.58. The highest BCUT2D eigenvalue weighted by Crippen LogP contribution is 2.26. The summed E-state index contributed by atoms with van der Waals surface area (Å²) in [5.41, 5.74) is 0. The van der Waals surface area contributed by atoms with Gasteiger partial charge in [0.25, 0.3) is 0 Å². The fourth-order valence-corrected chi connectivity index (χ4v) is 1.47. The van der Waals surface area contributed by atoms with Crippen LogP contribution in [0.2, 0.25) is 0 Å². The standard InChI is InChI=1S/C11H19NO3/c1-2-15-11(14)4-3-7-12(8-9-13)10-5-6-10/h3-4,10,13H,2,5-9H2,1H3/b4-3+. The van der Waals surface area contributed by atoms with E-state index in [2.05, 4.69) is 4.90 Å². The van der Waals surface area contributed by atoms with E-state index in [0.717, 1.165) is 0 Å². The van der Waals surface area contributed by atoms with Crippen molar-refractivity contribution in [2.75, 3.05) is 26.3 Å². The molecule has 15 heavy (non-hydrogen) atoms. The van der Waals surface area contributed by atoms with Crippen molar-refractivity contribution in [3.8, 4) is 0 Å². The molecular formula is C11H19NO3. The number of hydrogen-bond acceptors (Lipinski definition) is 4. The van der Waals surface area contributed by atoms with Crippen LogP contribution in [0.4, 0.5) is 0 Å². The molecule has 0 saturated heterocycles. The zero-order valence-electron chi connectivity index (χ0n) is 9.19. The van der Waals surface area contributed by atoms with Gasteiger partial charge < -0.3 is 9.84 Å². The minimum atomic E-state index is -0.294. The van der Waals surface area contributed by atoms with Crippen molar-refractivity contribution >= 4 is 5.97 Å². The Morgan fingerprint density at radius 3 is 2.87 bits per heavy atom. The predicted octanol–water partition coefficient (Wildman–Crippen LogP) is 0.562. The van der Waals surface area contributed by atoms with E-state index in [4.69, 9.17) is 9.84 Å². The molecule has 1 N–H and O–H groups in total. The van der Waals surface area contributed by atoms with Gasteiger partial charge in [-0.15, -0.1) is 0 Å². The summed E-state index contributed by atoms with van der Waals surface area (Å²) in [4.78, 5) is 13.2. The van der Waals surface area contributed by atoms with Crippen molar-refractivity contribution in [2.45, 2.75) is 25.8 Å². The van der Waals surface area contributed by atoms with Crippen molar-refractivity contribution in [3.63, 3.8) is 0 Å². The molecule has 4 nitrogen and oxygen atoms in total. The fraction of sp³-hybridized carbons (Fsp3) is 0.727. The summed E-state index contributed by atoms with van der Waals surface area (Å²) in [6.45, 7) is 3.76. The van der Waals surface area contributed by atoms with Crippen LogP contribution in [0.5, 0.6) is 0 Å². The molecule has 1 aliphatic rings. The minimum Gasteiger partial charge on any atom is -0.463 e. The Balaban J connectivity index is 2.22. The van der Waals surface area contributed by atoms with Crippen LogP contribution < -0.4 is 0 Å². The molecule has 1 rings (SSSR count). The van der Waals surface area contributed by atoms with Gasteiger partial charge in [0.1, 0.15) is 0 Å². The molecule has 0 unspecified atom stereocenters. The molecule has 1 saturated carbocycles. The maximum absolute atomic E-state index is 11.0. The number of esters is 1. The summed E-state index contributed by atoms with van der Waals surface area (Å²) >= 11 is 0. The number of hydrogen-bond donors (Lipinski definition) is 1. The molecular weight excluding hydrogens is 194 g/mol. The van der Waals surface area contributed by atoms with E-state index >= 15 is 0 Å². The van der Waals surface area contributed by atoms with Gasteiger partial charge in [0.15, 0.2) is 0 Å².